The van der Waals surface area contributed by atoms with Crippen LogP contribution in [0.15, 0.2) is 30.9 Å². The Kier molecular flexibility index (Phi) is 5.03. The molecule has 0 aromatic carbocycles. The van der Waals surface area contributed by atoms with E-state index in [9.17, 15) is 23.1 Å². The maximum atomic E-state index is 13.0. The molecular weight excluding hydrogens is 467 g/mol. The van der Waals surface area contributed by atoms with Crippen LogP contribution in [-0.4, -0.2) is 51.7 Å². The van der Waals surface area contributed by atoms with Crippen LogP contribution >= 0.6 is 0 Å². The molecule has 0 aliphatic carbocycles. The number of alkyl halides is 3. The first-order valence-electron chi connectivity index (χ1n) is 10.5. The summed E-state index contributed by atoms with van der Waals surface area (Å²) in [6.45, 7) is 1.62. The molecular formula is C21H18F3N9O2. The van der Waals surface area contributed by atoms with Gasteiger partial charge < -0.3 is 16.2 Å². The number of carbonyl (C=O) groups excluding carboxylic acids is 1. The smallest absolute Gasteiger partial charge is 0.389 e. The van der Waals surface area contributed by atoms with Crippen LogP contribution in [-0.2, 0) is 16.6 Å². The molecule has 11 nitrogen and oxygen atoms in total. The van der Waals surface area contributed by atoms with Crippen LogP contribution in [0.3, 0.4) is 0 Å². The number of pyridine rings is 1. The predicted molar refractivity (Wildman–Crippen MR) is 116 cm³/mol. The Hall–Kier alpha value is -4.36. The van der Waals surface area contributed by atoms with Gasteiger partial charge in [0.1, 0.15) is 34.8 Å². The van der Waals surface area contributed by atoms with E-state index in [1.165, 1.54) is 35.4 Å². The number of rotatable bonds is 5. The molecule has 0 bridgehead atoms. The molecule has 1 amide bonds. The van der Waals surface area contributed by atoms with E-state index >= 15 is 0 Å². The van der Waals surface area contributed by atoms with Gasteiger partial charge >= 0.3 is 6.18 Å². The Balaban J connectivity index is 1.56. The lowest BCUT2D eigenvalue weighted by Crippen LogP contribution is -2.33. The number of anilines is 2. The summed E-state index contributed by atoms with van der Waals surface area (Å²) in [4.78, 5) is 34.4. The Morgan fingerprint density at radius 2 is 2.00 bits per heavy atom. The molecule has 5 rings (SSSR count). The average molecular weight is 485 g/mol. The van der Waals surface area contributed by atoms with Gasteiger partial charge in [-0.2, -0.15) is 18.3 Å². The van der Waals surface area contributed by atoms with Crippen LogP contribution in [0.2, 0.25) is 0 Å². The minimum atomic E-state index is -4.28. The molecule has 0 saturated carbocycles. The van der Waals surface area contributed by atoms with E-state index in [4.69, 9.17) is 5.73 Å². The van der Waals surface area contributed by atoms with Crippen LogP contribution in [0, 0.1) is 0 Å². The zero-order valence-corrected chi connectivity index (χ0v) is 18.2. The number of amides is 1. The Morgan fingerprint density at radius 1 is 1.20 bits per heavy atom. The summed E-state index contributed by atoms with van der Waals surface area (Å²) >= 11 is 0. The Labute approximate surface area is 195 Å². The van der Waals surface area contributed by atoms with Gasteiger partial charge in [0.05, 0.1) is 29.3 Å². The highest BCUT2D eigenvalue weighted by Crippen LogP contribution is 2.44. The Morgan fingerprint density at radius 3 is 2.71 bits per heavy atom. The van der Waals surface area contributed by atoms with Crippen LogP contribution in [0.1, 0.15) is 36.7 Å². The molecule has 4 aromatic heterocycles. The van der Waals surface area contributed by atoms with E-state index in [1.54, 1.807) is 6.92 Å². The highest BCUT2D eigenvalue weighted by atomic mass is 19.4. The monoisotopic (exact) mass is 485 g/mol. The summed E-state index contributed by atoms with van der Waals surface area (Å²) in [5.74, 6) is -0.278. The molecule has 1 unspecified atom stereocenters. The number of hydrogen-bond acceptors (Lipinski definition) is 9. The lowest BCUT2D eigenvalue weighted by molar-refractivity contribution is -0.135. The van der Waals surface area contributed by atoms with Gasteiger partial charge in [0.2, 0.25) is 5.91 Å². The fourth-order valence-corrected chi connectivity index (χ4v) is 4.07. The highest BCUT2D eigenvalue weighted by Gasteiger charge is 2.48. The van der Waals surface area contributed by atoms with E-state index < -0.39 is 23.9 Å². The molecule has 1 aliphatic heterocycles. The van der Waals surface area contributed by atoms with Crippen molar-refractivity contribution >= 4 is 23.2 Å². The van der Waals surface area contributed by atoms with Crippen molar-refractivity contribution in [2.24, 2.45) is 0 Å². The van der Waals surface area contributed by atoms with Gasteiger partial charge in [-0.25, -0.2) is 24.5 Å². The van der Waals surface area contributed by atoms with Crippen molar-refractivity contribution in [2.45, 2.75) is 37.8 Å². The predicted octanol–water partition coefficient (Wildman–Crippen LogP) is 2.41. The molecule has 0 saturated heterocycles. The summed E-state index contributed by atoms with van der Waals surface area (Å²) < 4.78 is 39.3. The largest absolute Gasteiger partial charge is 0.506 e. The zero-order chi connectivity index (χ0) is 25.0. The van der Waals surface area contributed by atoms with Crippen LogP contribution in [0.25, 0.3) is 17.2 Å². The number of fused-ring (bicyclic) bond motifs is 2. The molecule has 35 heavy (non-hydrogen) atoms. The van der Waals surface area contributed by atoms with Gasteiger partial charge in [0.25, 0.3) is 0 Å². The SMILES string of the molecule is CC1(c2ccc(O)cn2)C(=O)Nc2nc(-c3cn4ncnc4c(CCCC(F)(F)F)n3)nc(N)c21. The number of aromatic hydroxyl groups is 1. The van der Waals surface area contributed by atoms with Gasteiger partial charge in [-0.3, -0.25) is 9.78 Å². The number of nitrogen functional groups attached to an aromatic ring is 1. The number of nitrogens with one attached hydrogen (secondary N) is 1. The quantitative estimate of drug-likeness (QED) is 0.386. The van der Waals surface area contributed by atoms with E-state index in [1.807, 2.05) is 0 Å². The molecule has 1 aliphatic rings. The number of nitrogens with two attached hydrogens (primary N) is 1. The van der Waals surface area contributed by atoms with Gasteiger partial charge in [-0.15, -0.1) is 0 Å². The zero-order valence-electron chi connectivity index (χ0n) is 18.2. The van der Waals surface area contributed by atoms with E-state index in [0.717, 1.165) is 0 Å². The molecule has 0 radical (unpaired) electrons. The lowest BCUT2D eigenvalue weighted by atomic mass is 9.81. The summed E-state index contributed by atoms with van der Waals surface area (Å²) in [6.07, 6.45) is -1.44. The summed E-state index contributed by atoms with van der Waals surface area (Å²) in [5, 5.41) is 16.3. The van der Waals surface area contributed by atoms with E-state index in [2.05, 4.69) is 35.3 Å². The first-order chi connectivity index (χ1) is 16.6. The van der Waals surface area contributed by atoms with Gasteiger partial charge in [-0.05, 0) is 31.9 Å². The normalized spacial score (nSPS) is 17.5. The summed E-state index contributed by atoms with van der Waals surface area (Å²) in [6, 6.07) is 2.91. The van der Waals surface area contributed by atoms with Crippen molar-refractivity contribution in [3.05, 3.63) is 47.8 Å². The molecule has 4 N–H and O–H groups in total. The van der Waals surface area contributed by atoms with Crippen molar-refractivity contribution in [3.63, 3.8) is 0 Å². The third-order valence-electron chi connectivity index (χ3n) is 5.82. The average Bonchev–Trinajstić information content (AvgIpc) is 3.36. The standard InChI is InChI=1S/C21H18F3N9O2/c1-20(13-5-4-10(34)7-26-13)14-15(25)30-16(31-17(14)32-19(20)35)12-8-33-18(27-9-28-33)11(29-12)3-2-6-21(22,23)24/h4-5,7-9,34H,2-3,6H2,1H3,(H3,25,30,31,32,35). The maximum absolute atomic E-state index is 13.0. The number of nitrogens with zero attached hydrogens (tertiary/aromatic N) is 7. The molecule has 180 valence electrons. The molecule has 0 spiro atoms. The number of aryl methyl sites for hydroxylation is 1. The van der Waals surface area contributed by atoms with E-state index in [-0.39, 0.29) is 41.7 Å². The second-order valence-corrected chi connectivity index (χ2v) is 8.21. The van der Waals surface area contributed by atoms with E-state index in [0.29, 0.717) is 22.6 Å². The van der Waals surface area contributed by atoms with Crippen molar-refractivity contribution in [1.29, 1.82) is 0 Å². The fraction of sp³-hybridized carbons (Fsp3) is 0.286. The number of hydrogen-bond donors (Lipinski definition) is 3. The summed E-state index contributed by atoms with van der Waals surface area (Å²) in [7, 11) is 0. The first-order valence-corrected chi connectivity index (χ1v) is 10.5. The van der Waals surface area contributed by atoms with Crippen LogP contribution in [0.4, 0.5) is 24.8 Å². The Bertz CT molecular complexity index is 1450. The van der Waals surface area contributed by atoms with Crippen molar-refractivity contribution in [3.8, 4) is 17.3 Å². The lowest BCUT2D eigenvalue weighted by Gasteiger charge is -2.22. The third-order valence-corrected chi connectivity index (χ3v) is 5.82. The molecule has 4 aromatic rings. The topological polar surface area (TPSA) is 157 Å². The van der Waals surface area contributed by atoms with Crippen LogP contribution in [0.5, 0.6) is 5.75 Å². The van der Waals surface area contributed by atoms with Gasteiger partial charge in [-0.1, -0.05) is 0 Å². The maximum Gasteiger partial charge on any atom is 0.389 e. The highest BCUT2D eigenvalue weighted by molar-refractivity contribution is 6.08. The minimum absolute atomic E-state index is 0.000154. The minimum Gasteiger partial charge on any atom is -0.506 e. The second-order valence-electron chi connectivity index (χ2n) is 8.21. The van der Waals surface area contributed by atoms with Crippen molar-refractivity contribution in [1.82, 2.24) is 34.5 Å². The van der Waals surface area contributed by atoms with Crippen molar-refractivity contribution < 1.29 is 23.1 Å². The second kappa shape index (κ2) is 7.85. The molecule has 0 fully saturated rings. The molecule has 1 atom stereocenters. The first kappa shape index (κ1) is 22.4. The fourth-order valence-electron chi connectivity index (χ4n) is 4.07. The number of halogens is 3. The van der Waals surface area contributed by atoms with Crippen molar-refractivity contribution in [2.75, 3.05) is 11.1 Å². The molecule has 14 heteroatoms. The number of carbonyl (C=O) groups is 1. The number of aromatic nitrogens is 7. The summed E-state index contributed by atoms with van der Waals surface area (Å²) in [5.41, 5.74) is 6.43. The third kappa shape index (κ3) is 3.86. The van der Waals surface area contributed by atoms with Crippen LogP contribution < -0.4 is 11.1 Å². The van der Waals surface area contributed by atoms with Gasteiger partial charge in [0, 0.05) is 6.42 Å². The molecule has 5 heterocycles. The van der Waals surface area contributed by atoms with Gasteiger partial charge in [0.15, 0.2) is 11.5 Å².